The van der Waals surface area contributed by atoms with Gasteiger partial charge in [-0.1, -0.05) is 0 Å². The fraction of sp³-hybridized carbons (Fsp3) is 0.462. The molecule has 2 aromatic heterocycles. The highest BCUT2D eigenvalue weighted by Crippen LogP contribution is 2.29. The zero-order valence-corrected chi connectivity index (χ0v) is 9.99. The smallest absolute Gasteiger partial charge is 0.222 e. The second-order valence-electron chi connectivity index (χ2n) is 4.55. The molecule has 4 heteroatoms. The molecule has 1 fully saturated rings. The predicted molar refractivity (Wildman–Crippen MR) is 67.5 cm³/mol. The van der Waals surface area contributed by atoms with Crippen LogP contribution in [0, 0.1) is 0 Å². The SMILES string of the molecule is COc1nccc2[nH]c(C3CCCNC3)cc12. The van der Waals surface area contributed by atoms with Crippen molar-refractivity contribution >= 4 is 10.9 Å². The van der Waals surface area contributed by atoms with Crippen molar-refractivity contribution in [2.75, 3.05) is 20.2 Å². The molecule has 2 aromatic rings. The minimum atomic E-state index is 0.584. The third kappa shape index (κ3) is 1.89. The first-order chi connectivity index (χ1) is 8.38. The Morgan fingerprint density at radius 3 is 3.18 bits per heavy atom. The molecule has 1 aliphatic rings. The summed E-state index contributed by atoms with van der Waals surface area (Å²) < 4.78 is 5.28. The van der Waals surface area contributed by atoms with Crippen molar-refractivity contribution < 1.29 is 4.74 Å². The highest BCUT2D eigenvalue weighted by molar-refractivity contribution is 5.85. The number of aromatic amines is 1. The lowest BCUT2D eigenvalue weighted by atomic mass is 9.96. The van der Waals surface area contributed by atoms with Crippen LogP contribution in [0.25, 0.3) is 10.9 Å². The topological polar surface area (TPSA) is 49.9 Å². The lowest BCUT2D eigenvalue weighted by Gasteiger charge is -2.21. The summed E-state index contributed by atoms with van der Waals surface area (Å²) >= 11 is 0. The Morgan fingerprint density at radius 2 is 2.41 bits per heavy atom. The van der Waals surface area contributed by atoms with E-state index in [1.807, 2.05) is 6.07 Å². The number of rotatable bonds is 2. The summed E-state index contributed by atoms with van der Waals surface area (Å²) in [7, 11) is 1.66. The molecule has 0 aromatic carbocycles. The summed E-state index contributed by atoms with van der Waals surface area (Å²) in [4.78, 5) is 7.71. The van der Waals surface area contributed by atoms with Crippen LogP contribution in [0.1, 0.15) is 24.5 Å². The first kappa shape index (κ1) is 10.6. The zero-order valence-electron chi connectivity index (χ0n) is 9.99. The Morgan fingerprint density at radius 1 is 1.47 bits per heavy atom. The highest BCUT2D eigenvalue weighted by atomic mass is 16.5. The largest absolute Gasteiger partial charge is 0.481 e. The van der Waals surface area contributed by atoms with Gasteiger partial charge >= 0.3 is 0 Å². The van der Waals surface area contributed by atoms with E-state index in [9.17, 15) is 0 Å². The van der Waals surface area contributed by atoms with Crippen LogP contribution in [-0.4, -0.2) is 30.2 Å². The van der Waals surface area contributed by atoms with E-state index in [-0.39, 0.29) is 0 Å². The number of hydrogen-bond acceptors (Lipinski definition) is 3. The normalized spacial score (nSPS) is 20.6. The van der Waals surface area contributed by atoms with Crippen LogP contribution in [0.5, 0.6) is 5.88 Å². The molecule has 4 nitrogen and oxygen atoms in total. The number of hydrogen-bond donors (Lipinski definition) is 2. The average molecular weight is 231 g/mol. The molecule has 1 atom stereocenters. The van der Waals surface area contributed by atoms with E-state index in [1.54, 1.807) is 13.3 Å². The molecule has 2 N–H and O–H groups in total. The number of piperidine rings is 1. The molecule has 17 heavy (non-hydrogen) atoms. The molecule has 0 saturated carbocycles. The first-order valence-electron chi connectivity index (χ1n) is 6.11. The number of pyridine rings is 1. The Kier molecular flexibility index (Phi) is 2.73. The summed E-state index contributed by atoms with van der Waals surface area (Å²) in [5.41, 5.74) is 2.40. The average Bonchev–Trinajstić information content (AvgIpc) is 2.83. The first-order valence-corrected chi connectivity index (χ1v) is 6.11. The van der Waals surface area contributed by atoms with Crippen LogP contribution in [0.15, 0.2) is 18.3 Å². The summed E-state index contributed by atoms with van der Waals surface area (Å²) in [5, 5.41) is 4.52. The van der Waals surface area contributed by atoms with Crippen LogP contribution < -0.4 is 10.1 Å². The van der Waals surface area contributed by atoms with Gasteiger partial charge in [0.15, 0.2) is 0 Å². The molecule has 1 saturated heterocycles. The zero-order chi connectivity index (χ0) is 11.7. The summed E-state index contributed by atoms with van der Waals surface area (Å²) in [5.74, 6) is 1.29. The maximum absolute atomic E-state index is 5.28. The van der Waals surface area contributed by atoms with E-state index >= 15 is 0 Å². The maximum Gasteiger partial charge on any atom is 0.222 e. The van der Waals surface area contributed by atoms with E-state index in [0.717, 1.165) is 24.0 Å². The van der Waals surface area contributed by atoms with Crippen molar-refractivity contribution in [1.82, 2.24) is 15.3 Å². The highest BCUT2D eigenvalue weighted by Gasteiger charge is 2.18. The number of nitrogens with one attached hydrogen (secondary N) is 2. The van der Waals surface area contributed by atoms with Gasteiger partial charge in [0.2, 0.25) is 5.88 Å². The molecule has 0 radical (unpaired) electrons. The Bertz CT molecular complexity index is 514. The van der Waals surface area contributed by atoms with Crippen molar-refractivity contribution in [1.29, 1.82) is 0 Å². The molecule has 90 valence electrons. The van der Waals surface area contributed by atoms with Gasteiger partial charge in [0.25, 0.3) is 0 Å². The number of methoxy groups -OCH3 is 1. The van der Waals surface area contributed by atoms with Crippen LogP contribution >= 0.6 is 0 Å². The number of aromatic nitrogens is 2. The van der Waals surface area contributed by atoms with E-state index in [0.29, 0.717) is 11.8 Å². The van der Waals surface area contributed by atoms with E-state index in [4.69, 9.17) is 4.74 Å². The molecule has 0 amide bonds. The molecule has 1 unspecified atom stereocenters. The van der Waals surface area contributed by atoms with Crippen molar-refractivity contribution in [2.45, 2.75) is 18.8 Å². The molecule has 1 aliphatic heterocycles. The lowest BCUT2D eigenvalue weighted by molar-refractivity contribution is 0.403. The summed E-state index contributed by atoms with van der Waals surface area (Å²) in [6.45, 7) is 2.20. The molecule has 0 spiro atoms. The van der Waals surface area contributed by atoms with Crippen LogP contribution in [0.2, 0.25) is 0 Å². The van der Waals surface area contributed by atoms with Gasteiger partial charge in [-0.15, -0.1) is 0 Å². The second-order valence-corrected chi connectivity index (χ2v) is 4.55. The Hall–Kier alpha value is -1.55. The fourth-order valence-electron chi connectivity index (χ4n) is 2.55. The van der Waals surface area contributed by atoms with Gasteiger partial charge < -0.3 is 15.0 Å². The number of H-pyrrole nitrogens is 1. The minimum Gasteiger partial charge on any atom is -0.481 e. The predicted octanol–water partition coefficient (Wildman–Crippen LogP) is 2.04. The standard InChI is InChI=1S/C13H17N3O/c1-17-13-10-7-12(9-3-2-5-14-8-9)16-11(10)4-6-15-13/h4,6-7,9,14,16H,2-3,5,8H2,1H3. The minimum absolute atomic E-state index is 0.584. The van der Waals surface area contributed by atoms with E-state index in [2.05, 4.69) is 21.4 Å². The molecule has 0 aliphatic carbocycles. The van der Waals surface area contributed by atoms with Gasteiger partial charge in [-0.3, -0.25) is 0 Å². The van der Waals surface area contributed by atoms with Gasteiger partial charge in [-0.2, -0.15) is 0 Å². The Balaban J connectivity index is 2.00. The number of nitrogens with zero attached hydrogens (tertiary/aromatic N) is 1. The molecule has 3 rings (SSSR count). The lowest BCUT2D eigenvalue weighted by Crippen LogP contribution is -2.28. The Labute approximate surface area is 100 Å². The van der Waals surface area contributed by atoms with Crippen LogP contribution in [0.3, 0.4) is 0 Å². The van der Waals surface area contributed by atoms with Gasteiger partial charge in [0, 0.05) is 24.4 Å². The van der Waals surface area contributed by atoms with Gasteiger partial charge in [0.1, 0.15) is 0 Å². The summed E-state index contributed by atoms with van der Waals surface area (Å²) in [6.07, 6.45) is 4.27. The molecular formula is C13H17N3O. The maximum atomic E-state index is 5.28. The quantitative estimate of drug-likeness (QED) is 0.831. The number of ether oxygens (including phenoxy) is 1. The van der Waals surface area contributed by atoms with Crippen molar-refractivity contribution in [3.63, 3.8) is 0 Å². The van der Waals surface area contributed by atoms with E-state index < -0.39 is 0 Å². The van der Waals surface area contributed by atoms with Crippen LogP contribution in [0.4, 0.5) is 0 Å². The van der Waals surface area contributed by atoms with Gasteiger partial charge in [0.05, 0.1) is 18.0 Å². The van der Waals surface area contributed by atoms with Crippen molar-refractivity contribution in [3.8, 4) is 5.88 Å². The van der Waals surface area contributed by atoms with E-state index in [1.165, 1.54) is 18.5 Å². The number of fused-ring (bicyclic) bond motifs is 1. The van der Waals surface area contributed by atoms with Gasteiger partial charge in [-0.25, -0.2) is 4.98 Å². The van der Waals surface area contributed by atoms with Crippen molar-refractivity contribution in [3.05, 3.63) is 24.0 Å². The molecular weight excluding hydrogens is 214 g/mol. The third-order valence-corrected chi connectivity index (χ3v) is 3.46. The summed E-state index contributed by atoms with van der Waals surface area (Å²) in [6, 6.07) is 4.18. The fourth-order valence-corrected chi connectivity index (χ4v) is 2.55. The van der Waals surface area contributed by atoms with Crippen LogP contribution in [-0.2, 0) is 0 Å². The van der Waals surface area contributed by atoms with Gasteiger partial charge in [-0.05, 0) is 31.5 Å². The van der Waals surface area contributed by atoms with Crippen molar-refractivity contribution in [2.24, 2.45) is 0 Å². The second kappa shape index (κ2) is 4.37. The molecule has 3 heterocycles. The monoisotopic (exact) mass is 231 g/mol. The molecule has 0 bridgehead atoms. The third-order valence-electron chi connectivity index (χ3n) is 3.46.